The first kappa shape index (κ1) is 25.8. The van der Waals surface area contributed by atoms with E-state index in [9.17, 15) is 0 Å². The lowest BCUT2D eigenvalue weighted by atomic mass is 9.86. The van der Waals surface area contributed by atoms with Crippen LogP contribution in [0.1, 0.15) is 53.4 Å². The third kappa shape index (κ3) is 7.37. The average molecular weight is 507 g/mol. The highest BCUT2D eigenvalue weighted by atomic mass is 31.2. The number of hydrogen-bond donors (Lipinski definition) is 0. The third-order valence-electron chi connectivity index (χ3n) is 6.31. The molecule has 0 bridgehead atoms. The zero-order valence-electron chi connectivity index (χ0n) is 20.6. The van der Waals surface area contributed by atoms with Crippen molar-refractivity contribution < 1.29 is 27.1 Å². The molecule has 4 rings (SSSR count). The van der Waals surface area contributed by atoms with E-state index in [-0.39, 0.29) is 10.8 Å². The second kappa shape index (κ2) is 11.6. The lowest BCUT2D eigenvalue weighted by Gasteiger charge is -2.29. The normalized spacial score (nSPS) is 22.1. The van der Waals surface area contributed by atoms with Crippen molar-refractivity contribution in [3.05, 3.63) is 48.5 Å². The van der Waals surface area contributed by atoms with Crippen LogP contribution in [-0.2, 0) is 18.1 Å². The minimum absolute atomic E-state index is 0.217. The van der Waals surface area contributed by atoms with Crippen molar-refractivity contribution in [2.24, 2.45) is 10.8 Å². The fourth-order valence-corrected chi connectivity index (χ4v) is 5.67. The lowest BCUT2D eigenvalue weighted by Crippen LogP contribution is -2.19. The van der Waals surface area contributed by atoms with Crippen LogP contribution in [-0.4, -0.2) is 26.4 Å². The predicted octanol–water partition coefficient (Wildman–Crippen LogP) is 8.27. The summed E-state index contributed by atoms with van der Waals surface area (Å²) in [5.74, 6) is 1.41. The molecule has 0 saturated carbocycles. The lowest BCUT2D eigenvalue weighted by molar-refractivity contribution is 0.119. The predicted molar refractivity (Wildman–Crippen MR) is 137 cm³/mol. The Labute approximate surface area is 206 Å². The molecule has 2 heterocycles. The molecule has 0 N–H and O–H groups in total. The van der Waals surface area contributed by atoms with Gasteiger partial charge in [-0.25, -0.2) is 0 Å². The minimum Gasteiger partial charge on any atom is -0.426 e. The highest BCUT2D eigenvalue weighted by molar-refractivity contribution is 7.42. The quantitative estimate of drug-likeness (QED) is 0.381. The third-order valence-corrected chi connectivity index (χ3v) is 8.58. The van der Waals surface area contributed by atoms with E-state index >= 15 is 0 Å². The van der Waals surface area contributed by atoms with Crippen LogP contribution in [0.15, 0.2) is 48.5 Å². The van der Waals surface area contributed by atoms with Crippen LogP contribution in [0.3, 0.4) is 0 Å². The van der Waals surface area contributed by atoms with Crippen molar-refractivity contribution in [3.8, 4) is 22.6 Å². The first-order valence-corrected chi connectivity index (χ1v) is 14.2. The summed E-state index contributed by atoms with van der Waals surface area (Å²) in [5, 5.41) is 0. The molecular formula is C26H36O6P2. The summed E-state index contributed by atoms with van der Waals surface area (Å²) in [5.41, 5.74) is 2.26. The molecule has 0 radical (unpaired) electrons. The van der Waals surface area contributed by atoms with Gasteiger partial charge in [0.2, 0.25) is 0 Å². The Morgan fingerprint density at radius 1 is 0.559 bits per heavy atom. The summed E-state index contributed by atoms with van der Waals surface area (Å²) in [6, 6.07) is 15.8. The molecule has 2 fully saturated rings. The maximum atomic E-state index is 6.26. The summed E-state index contributed by atoms with van der Waals surface area (Å²) >= 11 is 0. The van der Waals surface area contributed by atoms with E-state index in [1.807, 2.05) is 48.5 Å². The standard InChI is InChI=1S/C26H36O6P2/c1-25(2)13-17-27-33(28-18-14-25)31-23-11-7-5-9-21(23)22-10-6-8-12-24(22)32-34-29-19-15-26(3,4)16-20-30-34/h5-12H,13-20H2,1-4H3. The molecule has 2 aliphatic heterocycles. The average Bonchev–Trinajstić information content (AvgIpc) is 2.77. The van der Waals surface area contributed by atoms with Gasteiger partial charge in [-0.05, 0) is 48.6 Å². The van der Waals surface area contributed by atoms with Crippen LogP contribution in [0.4, 0.5) is 0 Å². The Bertz CT molecular complexity index is 836. The van der Waals surface area contributed by atoms with E-state index in [1.165, 1.54) is 0 Å². The SMILES string of the molecule is CC1(C)CCOP(Oc2ccccc2-c2ccccc2OP2OCCC(C)(C)CCO2)OCC1. The second-order valence-electron chi connectivity index (χ2n) is 10.3. The fourth-order valence-electron chi connectivity index (χ4n) is 3.71. The van der Waals surface area contributed by atoms with Gasteiger partial charge >= 0.3 is 17.2 Å². The van der Waals surface area contributed by atoms with Gasteiger partial charge < -0.3 is 27.1 Å². The minimum atomic E-state index is -1.47. The Morgan fingerprint density at radius 3 is 1.24 bits per heavy atom. The van der Waals surface area contributed by atoms with Gasteiger partial charge in [-0.1, -0.05) is 64.1 Å². The van der Waals surface area contributed by atoms with Gasteiger partial charge in [-0.15, -0.1) is 0 Å². The molecule has 2 aromatic carbocycles. The maximum absolute atomic E-state index is 6.26. The number of benzene rings is 2. The van der Waals surface area contributed by atoms with E-state index in [0.717, 1.165) is 36.8 Å². The summed E-state index contributed by atoms with van der Waals surface area (Å²) in [7, 11) is -2.94. The highest BCUT2D eigenvalue weighted by Crippen LogP contribution is 2.50. The molecule has 8 heteroatoms. The van der Waals surface area contributed by atoms with Gasteiger partial charge in [0.05, 0.1) is 26.4 Å². The van der Waals surface area contributed by atoms with E-state index in [1.54, 1.807) is 0 Å². The summed E-state index contributed by atoms with van der Waals surface area (Å²) in [6.45, 7) is 11.5. The Balaban J connectivity index is 1.49. The van der Waals surface area contributed by atoms with Gasteiger partial charge in [0.1, 0.15) is 11.5 Å². The molecule has 2 saturated heterocycles. The smallest absolute Gasteiger partial charge is 0.397 e. The molecule has 0 atom stereocenters. The van der Waals surface area contributed by atoms with Crippen molar-refractivity contribution in [1.29, 1.82) is 0 Å². The van der Waals surface area contributed by atoms with Crippen molar-refractivity contribution in [2.45, 2.75) is 53.4 Å². The molecule has 2 aliphatic rings. The van der Waals surface area contributed by atoms with E-state index < -0.39 is 17.2 Å². The molecule has 0 unspecified atom stereocenters. The van der Waals surface area contributed by atoms with Crippen LogP contribution in [0.5, 0.6) is 11.5 Å². The van der Waals surface area contributed by atoms with E-state index in [2.05, 4.69) is 27.7 Å². The van der Waals surface area contributed by atoms with Crippen LogP contribution in [0.2, 0.25) is 0 Å². The summed E-state index contributed by atoms with van der Waals surface area (Å²) < 4.78 is 36.4. The van der Waals surface area contributed by atoms with E-state index in [0.29, 0.717) is 37.9 Å². The molecule has 34 heavy (non-hydrogen) atoms. The van der Waals surface area contributed by atoms with Gasteiger partial charge in [0.25, 0.3) is 0 Å². The first-order valence-electron chi connectivity index (χ1n) is 12.0. The van der Waals surface area contributed by atoms with Gasteiger partial charge in [0, 0.05) is 11.1 Å². The largest absolute Gasteiger partial charge is 0.426 e. The number of para-hydroxylation sites is 2. The van der Waals surface area contributed by atoms with Gasteiger partial charge in [0.15, 0.2) is 0 Å². The van der Waals surface area contributed by atoms with Crippen molar-refractivity contribution in [3.63, 3.8) is 0 Å². The molecule has 186 valence electrons. The van der Waals surface area contributed by atoms with Crippen molar-refractivity contribution >= 4 is 17.2 Å². The molecule has 2 aromatic rings. The van der Waals surface area contributed by atoms with Crippen LogP contribution < -0.4 is 9.05 Å². The topological polar surface area (TPSA) is 55.4 Å². The molecule has 0 amide bonds. The Hall–Kier alpha value is -1.26. The van der Waals surface area contributed by atoms with Crippen LogP contribution in [0.25, 0.3) is 11.1 Å². The highest BCUT2D eigenvalue weighted by Gasteiger charge is 2.28. The number of rotatable bonds is 5. The fraction of sp³-hybridized carbons (Fsp3) is 0.538. The van der Waals surface area contributed by atoms with E-state index in [4.69, 9.17) is 27.1 Å². The zero-order valence-corrected chi connectivity index (χ0v) is 22.4. The van der Waals surface area contributed by atoms with Gasteiger partial charge in [-0.2, -0.15) is 0 Å². The Morgan fingerprint density at radius 2 is 0.882 bits per heavy atom. The van der Waals surface area contributed by atoms with Crippen LogP contribution in [0, 0.1) is 10.8 Å². The van der Waals surface area contributed by atoms with Crippen molar-refractivity contribution in [1.82, 2.24) is 0 Å². The molecular weight excluding hydrogens is 470 g/mol. The summed E-state index contributed by atoms with van der Waals surface area (Å²) in [6.07, 6.45) is 3.93. The first-order chi connectivity index (χ1) is 16.3. The monoisotopic (exact) mass is 506 g/mol. The Kier molecular flexibility index (Phi) is 8.85. The van der Waals surface area contributed by atoms with Crippen molar-refractivity contribution in [2.75, 3.05) is 26.4 Å². The molecule has 0 aliphatic carbocycles. The molecule has 0 aromatic heterocycles. The summed E-state index contributed by atoms with van der Waals surface area (Å²) in [4.78, 5) is 0. The molecule has 6 nitrogen and oxygen atoms in total. The zero-order chi connectivity index (χ0) is 24.0. The second-order valence-corrected chi connectivity index (χ2v) is 12.6. The maximum Gasteiger partial charge on any atom is 0.397 e. The van der Waals surface area contributed by atoms with Crippen LogP contribution >= 0.6 is 17.2 Å². The molecule has 0 spiro atoms. The van der Waals surface area contributed by atoms with Gasteiger partial charge in [-0.3, -0.25) is 0 Å². The number of hydrogen-bond acceptors (Lipinski definition) is 6.